The van der Waals surface area contributed by atoms with Crippen molar-refractivity contribution in [3.63, 3.8) is 0 Å². The first-order chi connectivity index (χ1) is 16.4. The molecule has 0 bridgehead atoms. The second kappa shape index (κ2) is 12.4. The summed E-state index contributed by atoms with van der Waals surface area (Å²) in [5.41, 5.74) is 2.28. The van der Waals surface area contributed by atoms with Crippen molar-refractivity contribution >= 4 is 11.8 Å². The van der Waals surface area contributed by atoms with Crippen molar-refractivity contribution in [3.8, 4) is 11.5 Å². The van der Waals surface area contributed by atoms with Crippen LogP contribution in [0.1, 0.15) is 63.5 Å². The molecular weight excluding hydrogens is 428 g/mol. The molecule has 2 N–H and O–H groups in total. The molecule has 3 rings (SSSR count). The van der Waals surface area contributed by atoms with Gasteiger partial charge in [0.2, 0.25) is 0 Å². The third-order valence-corrected chi connectivity index (χ3v) is 6.35. The molecule has 2 aromatic carbocycles. The summed E-state index contributed by atoms with van der Waals surface area (Å²) in [5.74, 6) is 1.08. The first-order valence-corrected chi connectivity index (χ1v) is 12.5. The van der Waals surface area contributed by atoms with Crippen LogP contribution < -0.4 is 20.1 Å². The molecule has 6 nitrogen and oxygen atoms in total. The summed E-state index contributed by atoms with van der Waals surface area (Å²) in [6.07, 6.45) is 3.66. The number of carbonyl (C=O) groups is 2. The second-order valence-corrected chi connectivity index (χ2v) is 9.17. The van der Waals surface area contributed by atoms with E-state index in [-0.39, 0.29) is 23.9 Å². The number of carbonyl (C=O) groups excluding carboxylic acids is 2. The van der Waals surface area contributed by atoms with Crippen LogP contribution in [-0.4, -0.2) is 36.1 Å². The van der Waals surface area contributed by atoms with Crippen molar-refractivity contribution in [2.24, 2.45) is 0 Å². The second-order valence-electron chi connectivity index (χ2n) is 9.17. The van der Waals surface area contributed by atoms with Gasteiger partial charge in [0.15, 0.2) is 12.2 Å². The van der Waals surface area contributed by atoms with E-state index in [4.69, 9.17) is 9.47 Å². The van der Waals surface area contributed by atoms with Gasteiger partial charge in [-0.1, -0.05) is 62.1 Å². The summed E-state index contributed by atoms with van der Waals surface area (Å²) in [6.45, 7) is 7.90. The minimum atomic E-state index is -0.575. The Morgan fingerprint density at radius 1 is 0.735 bits per heavy atom. The predicted octanol–water partition coefficient (Wildman–Crippen LogP) is 4.86. The van der Waals surface area contributed by atoms with Crippen LogP contribution in [0.4, 0.5) is 0 Å². The number of benzene rings is 2. The molecule has 1 aliphatic rings. The molecule has 2 aromatic rings. The Kier molecular flexibility index (Phi) is 9.37. The molecule has 4 atom stereocenters. The molecule has 0 spiro atoms. The van der Waals surface area contributed by atoms with E-state index >= 15 is 0 Å². The summed E-state index contributed by atoms with van der Waals surface area (Å²) in [5, 5.41) is 6.30. The molecule has 0 aromatic heterocycles. The third kappa shape index (κ3) is 7.24. The van der Waals surface area contributed by atoms with E-state index < -0.39 is 12.2 Å². The van der Waals surface area contributed by atoms with Crippen LogP contribution in [0.3, 0.4) is 0 Å². The Labute approximate surface area is 203 Å². The number of ether oxygens (including phenoxy) is 2. The SMILES string of the molecule is CCC(Oc1ccc(C)cc1)C(=O)NC1CCCCC1NC(=O)C(CC)Oc1ccc(C)cc1. The van der Waals surface area contributed by atoms with Gasteiger partial charge in [-0.25, -0.2) is 0 Å². The van der Waals surface area contributed by atoms with Gasteiger partial charge < -0.3 is 20.1 Å². The molecule has 184 valence electrons. The van der Waals surface area contributed by atoms with Crippen molar-refractivity contribution in [3.05, 3.63) is 59.7 Å². The van der Waals surface area contributed by atoms with Crippen molar-refractivity contribution in [2.45, 2.75) is 90.5 Å². The molecule has 1 aliphatic carbocycles. The van der Waals surface area contributed by atoms with Gasteiger partial charge in [0.25, 0.3) is 11.8 Å². The van der Waals surface area contributed by atoms with Gasteiger partial charge >= 0.3 is 0 Å². The largest absolute Gasteiger partial charge is 0.481 e. The average molecular weight is 467 g/mol. The van der Waals surface area contributed by atoms with Crippen LogP contribution in [0.5, 0.6) is 11.5 Å². The zero-order valence-corrected chi connectivity index (χ0v) is 20.8. The molecule has 6 heteroatoms. The van der Waals surface area contributed by atoms with Crippen molar-refractivity contribution in [2.75, 3.05) is 0 Å². The quantitative estimate of drug-likeness (QED) is 0.524. The molecule has 1 saturated carbocycles. The van der Waals surface area contributed by atoms with Gasteiger partial charge in [0.1, 0.15) is 11.5 Å². The fourth-order valence-electron chi connectivity index (χ4n) is 4.23. The van der Waals surface area contributed by atoms with Gasteiger partial charge in [-0.3, -0.25) is 9.59 Å². The lowest BCUT2D eigenvalue weighted by Crippen LogP contribution is -2.57. The van der Waals surface area contributed by atoms with Crippen LogP contribution in [0, 0.1) is 13.8 Å². The smallest absolute Gasteiger partial charge is 0.261 e. The standard InChI is InChI=1S/C28H38N2O4/c1-5-25(33-21-15-11-19(3)12-16-21)27(31)29-23-9-7-8-10-24(23)30-28(32)26(6-2)34-22-17-13-20(4)14-18-22/h11-18,23-26H,5-10H2,1-4H3,(H,29,31)(H,30,32). The predicted molar refractivity (Wildman–Crippen MR) is 134 cm³/mol. The van der Waals surface area contributed by atoms with Crippen molar-refractivity contribution in [1.82, 2.24) is 10.6 Å². The van der Waals surface area contributed by atoms with Crippen LogP contribution in [0.2, 0.25) is 0 Å². The maximum Gasteiger partial charge on any atom is 0.261 e. The third-order valence-electron chi connectivity index (χ3n) is 6.35. The summed E-state index contributed by atoms with van der Waals surface area (Å²) in [7, 11) is 0. The van der Waals surface area contributed by atoms with Crippen LogP contribution in [0.15, 0.2) is 48.5 Å². The van der Waals surface area contributed by atoms with Crippen molar-refractivity contribution < 1.29 is 19.1 Å². The lowest BCUT2D eigenvalue weighted by atomic mass is 9.89. The summed E-state index contributed by atoms with van der Waals surface area (Å²) >= 11 is 0. The number of hydrogen-bond acceptors (Lipinski definition) is 4. The van der Waals surface area contributed by atoms with Gasteiger partial charge in [0, 0.05) is 12.1 Å². The van der Waals surface area contributed by atoms with Gasteiger partial charge in [-0.2, -0.15) is 0 Å². The fraction of sp³-hybridized carbons (Fsp3) is 0.500. The van der Waals surface area contributed by atoms with E-state index in [2.05, 4.69) is 10.6 Å². The van der Waals surface area contributed by atoms with E-state index in [1.165, 1.54) is 0 Å². The Morgan fingerprint density at radius 3 is 1.41 bits per heavy atom. The highest BCUT2D eigenvalue weighted by atomic mass is 16.5. The Morgan fingerprint density at radius 2 is 1.09 bits per heavy atom. The monoisotopic (exact) mass is 466 g/mol. The first-order valence-electron chi connectivity index (χ1n) is 12.5. The molecule has 0 aliphatic heterocycles. The minimum Gasteiger partial charge on any atom is -0.481 e. The number of aryl methyl sites for hydroxylation is 2. The Bertz CT molecular complexity index is 849. The Hall–Kier alpha value is -3.02. The van der Waals surface area contributed by atoms with E-state index in [0.717, 1.165) is 36.8 Å². The zero-order chi connectivity index (χ0) is 24.5. The topological polar surface area (TPSA) is 76.7 Å². The number of amides is 2. The van der Waals surface area contributed by atoms with E-state index in [1.807, 2.05) is 76.2 Å². The van der Waals surface area contributed by atoms with Gasteiger partial charge in [-0.05, 0) is 63.8 Å². The highest BCUT2D eigenvalue weighted by Crippen LogP contribution is 2.21. The van der Waals surface area contributed by atoms with E-state index in [9.17, 15) is 9.59 Å². The minimum absolute atomic E-state index is 0.127. The Balaban J connectivity index is 1.59. The van der Waals surface area contributed by atoms with Gasteiger partial charge in [-0.15, -0.1) is 0 Å². The maximum absolute atomic E-state index is 13.0. The van der Waals surface area contributed by atoms with E-state index in [0.29, 0.717) is 24.3 Å². The fourth-order valence-corrected chi connectivity index (χ4v) is 4.23. The molecule has 34 heavy (non-hydrogen) atoms. The van der Waals surface area contributed by atoms with Crippen LogP contribution in [0.25, 0.3) is 0 Å². The molecule has 2 amide bonds. The van der Waals surface area contributed by atoms with Crippen LogP contribution in [-0.2, 0) is 9.59 Å². The molecule has 4 unspecified atom stereocenters. The molecule has 0 saturated heterocycles. The normalized spacial score (nSPS) is 19.5. The highest BCUT2D eigenvalue weighted by molar-refractivity contribution is 5.83. The maximum atomic E-state index is 13.0. The summed E-state index contributed by atoms with van der Waals surface area (Å²) < 4.78 is 11.9. The molecule has 0 radical (unpaired) electrons. The molecule has 0 heterocycles. The molecule has 1 fully saturated rings. The van der Waals surface area contributed by atoms with Gasteiger partial charge in [0.05, 0.1) is 0 Å². The lowest BCUT2D eigenvalue weighted by molar-refractivity contribution is -0.132. The molecular formula is C28H38N2O4. The highest BCUT2D eigenvalue weighted by Gasteiger charge is 2.32. The van der Waals surface area contributed by atoms with Crippen molar-refractivity contribution in [1.29, 1.82) is 0 Å². The summed E-state index contributed by atoms with van der Waals surface area (Å²) in [4.78, 5) is 26.1. The lowest BCUT2D eigenvalue weighted by Gasteiger charge is -2.34. The first kappa shape index (κ1) is 25.6. The van der Waals surface area contributed by atoms with Crippen LogP contribution >= 0.6 is 0 Å². The number of hydrogen-bond donors (Lipinski definition) is 2. The number of rotatable bonds is 10. The zero-order valence-electron chi connectivity index (χ0n) is 20.8. The van der Waals surface area contributed by atoms with E-state index in [1.54, 1.807) is 0 Å². The number of nitrogens with one attached hydrogen (secondary N) is 2. The summed E-state index contributed by atoms with van der Waals surface area (Å²) in [6, 6.07) is 15.1. The average Bonchev–Trinajstić information content (AvgIpc) is 2.84.